The van der Waals surface area contributed by atoms with E-state index in [0.717, 1.165) is 11.8 Å². The van der Waals surface area contributed by atoms with Gasteiger partial charge in [0, 0.05) is 31.9 Å². The van der Waals surface area contributed by atoms with E-state index < -0.39 is 11.6 Å². The summed E-state index contributed by atoms with van der Waals surface area (Å²) in [6, 6.07) is 5.98. The van der Waals surface area contributed by atoms with Gasteiger partial charge in [-0.25, -0.2) is 8.78 Å². The number of nitrogens with zero attached hydrogens (tertiary/aromatic N) is 2. The molecule has 0 saturated heterocycles. The van der Waals surface area contributed by atoms with Crippen LogP contribution in [0.3, 0.4) is 0 Å². The molecule has 0 atom stereocenters. The van der Waals surface area contributed by atoms with Gasteiger partial charge in [0.2, 0.25) is 0 Å². The van der Waals surface area contributed by atoms with E-state index in [1.165, 1.54) is 12.1 Å². The Balaban J connectivity index is 1.95. The first-order chi connectivity index (χ1) is 8.18. The van der Waals surface area contributed by atoms with Crippen molar-refractivity contribution >= 4 is 5.69 Å². The summed E-state index contributed by atoms with van der Waals surface area (Å²) in [5.41, 5.74) is 1.22. The number of aromatic nitrogens is 2. The third kappa shape index (κ3) is 2.61. The predicted octanol–water partition coefficient (Wildman–Crippen LogP) is 2.35. The maximum atomic E-state index is 13.3. The maximum Gasteiger partial charge on any atom is 0.181 e. The quantitative estimate of drug-likeness (QED) is 0.884. The van der Waals surface area contributed by atoms with E-state index in [9.17, 15) is 8.78 Å². The molecule has 0 unspecified atom stereocenters. The third-order valence-electron chi connectivity index (χ3n) is 2.57. The van der Waals surface area contributed by atoms with Crippen molar-refractivity contribution in [3.8, 4) is 0 Å². The molecule has 1 aromatic heterocycles. The molecule has 3 nitrogen and oxygen atoms in total. The van der Waals surface area contributed by atoms with Crippen molar-refractivity contribution in [2.45, 2.75) is 6.42 Å². The topological polar surface area (TPSA) is 29.9 Å². The molecule has 5 heteroatoms. The Kier molecular flexibility index (Phi) is 3.37. The fraction of sp³-hybridized carbons (Fsp3) is 0.250. The Morgan fingerprint density at radius 2 is 2.12 bits per heavy atom. The minimum absolute atomic E-state index is 0.187. The standard InChI is InChI=1S/C12H13F2N3/c1-17-9(6-8-16-17)5-7-15-11-4-2-3-10(13)12(11)14/h2-4,6,8,15H,5,7H2,1H3. The molecule has 0 radical (unpaired) electrons. The molecule has 0 fully saturated rings. The van der Waals surface area contributed by atoms with Gasteiger partial charge in [-0.2, -0.15) is 5.10 Å². The predicted molar refractivity (Wildman–Crippen MR) is 61.8 cm³/mol. The Labute approximate surface area is 98.1 Å². The average Bonchev–Trinajstić information content (AvgIpc) is 2.71. The minimum Gasteiger partial charge on any atom is -0.382 e. The summed E-state index contributed by atoms with van der Waals surface area (Å²) in [5, 5.41) is 6.89. The van der Waals surface area contributed by atoms with E-state index in [-0.39, 0.29) is 5.69 Å². The molecule has 0 saturated carbocycles. The normalized spacial score (nSPS) is 10.5. The second kappa shape index (κ2) is 4.95. The van der Waals surface area contributed by atoms with Crippen LogP contribution in [0, 0.1) is 11.6 Å². The number of benzene rings is 1. The molecule has 1 N–H and O–H groups in total. The summed E-state index contributed by atoms with van der Waals surface area (Å²) in [6.45, 7) is 0.528. The molecule has 2 aromatic rings. The summed E-state index contributed by atoms with van der Waals surface area (Å²) in [4.78, 5) is 0. The van der Waals surface area contributed by atoms with Gasteiger partial charge >= 0.3 is 0 Å². The number of anilines is 1. The van der Waals surface area contributed by atoms with Crippen LogP contribution in [0.5, 0.6) is 0 Å². The van der Waals surface area contributed by atoms with Crippen LogP contribution in [-0.2, 0) is 13.5 Å². The van der Waals surface area contributed by atoms with Crippen molar-refractivity contribution in [3.63, 3.8) is 0 Å². The third-order valence-corrected chi connectivity index (χ3v) is 2.57. The Bertz CT molecular complexity index is 508. The molecule has 0 aliphatic heterocycles. The van der Waals surface area contributed by atoms with Crippen molar-refractivity contribution in [2.24, 2.45) is 7.05 Å². The lowest BCUT2D eigenvalue weighted by molar-refractivity contribution is 0.511. The summed E-state index contributed by atoms with van der Waals surface area (Å²) >= 11 is 0. The van der Waals surface area contributed by atoms with E-state index in [1.54, 1.807) is 10.9 Å². The van der Waals surface area contributed by atoms with Gasteiger partial charge in [0.15, 0.2) is 11.6 Å². The van der Waals surface area contributed by atoms with Crippen LogP contribution in [-0.4, -0.2) is 16.3 Å². The van der Waals surface area contributed by atoms with Crippen LogP contribution in [0.15, 0.2) is 30.5 Å². The zero-order valence-electron chi connectivity index (χ0n) is 9.45. The molecule has 17 heavy (non-hydrogen) atoms. The van der Waals surface area contributed by atoms with Crippen molar-refractivity contribution in [1.82, 2.24) is 9.78 Å². The van der Waals surface area contributed by atoms with E-state index in [0.29, 0.717) is 13.0 Å². The first-order valence-corrected chi connectivity index (χ1v) is 5.33. The Morgan fingerprint density at radius 3 is 2.82 bits per heavy atom. The number of nitrogens with one attached hydrogen (secondary N) is 1. The van der Waals surface area contributed by atoms with E-state index in [1.807, 2.05) is 13.1 Å². The van der Waals surface area contributed by atoms with Gasteiger partial charge in [0.25, 0.3) is 0 Å². The minimum atomic E-state index is -0.837. The van der Waals surface area contributed by atoms with Crippen LogP contribution in [0.1, 0.15) is 5.69 Å². The fourth-order valence-electron chi connectivity index (χ4n) is 1.61. The molecule has 0 aliphatic rings. The summed E-state index contributed by atoms with van der Waals surface area (Å²) in [6.07, 6.45) is 2.41. The molecular formula is C12H13F2N3. The number of hydrogen-bond acceptors (Lipinski definition) is 2. The lowest BCUT2D eigenvalue weighted by atomic mass is 10.2. The molecule has 0 bridgehead atoms. The zero-order valence-corrected chi connectivity index (χ0v) is 9.45. The Morgan fingerprint density at radius 1 is 1.29 bits per heavy atom. The molecule has 0 aliphatic carbocycles. The van der Waals surface area contributed by atoms with E-state index >= 15 is 0 Å². The van der Waals surface area contributed by atoms with E-state index in [4.69, 9.17) is 0 Å². The number of halogens is 2. The number of rotatable bonds is 4. The molecular weight excluding hydrogens is 224 g/mol. The smallest absolute Gasteiger partial charge is 0.181 e. The van der Waals surface area contributed by atoms with Gasteiger partial charge in [-0.05, 0) is 18.2 Å². The summed E-state index contributed by atoms with van der Waals surface area (Å²) in [5.74, 6) is -1.67. The van der Waals surface area contributed by atoms with Gasteiger partial charge in [-0.3, -0.25) is 4.68 Å². The second-order valence-corrected chi connectivity index (χ2v) is 3.72. The molecule has 0 amide bonds. The van der Waals surface area contributed by atoms with Gasteiger partial charge in [0.1, 0.15) is 0 Å². The summed E-state index contributed by atoms with van der Waals surface area (Å²) < 4.78 is 28.0. The first kappa shape index (κ1) is 11.6. The van der Waals surface area contributed by atoms with Crippen molar-refractivity contribution < 1.29 is 8.78 Å². The van der Waals surface area contributed by atoms with Gasteiger partial charge in [0.05, 0.1) is 5.69 Å². The van der Waals surface area contributed by atoms with Crippen molar-refractivity contribution in [1.29, 1.82) is 0 Å². The van der Waals surface area contributed by atoms with Crippen LogP contribution in [0.4, 0.5) is 14.5 Å². The monoisotopic (exact) mass is 237 g/mol. The fourth-order valence-corrected chi connectivity index (χ4v) is 1.61. The van der Waals surface area contributed by atoms with Crippen LogP contribution in [0.2, 0.25) is 0 Å². The van der Waals surface area contributed by atoms with Crippen LogP contribution in [0.25, 0.3) is 0 Å². The lowest BCUT2D eigenvalue weighted by Gasteiger charge is -2.07. The van der Waals surface area contributed by atoms with Crippen molar-refractivity contribution in [2.75, 3.05) is 11.9 Å². The molecule has 2 rings (SSSR count). The van der Waals surface area contributed by atoms with Crippen LogP contribution < -0.4 is 5.32 Å². The van der Waals surface area contributed by atoms with Gasteiger partial charge in [-0.1, -0.05) is 6.07 Å². The van der Waals surface area contributed by atoms with E-state index in [2.05, 4.69) is 10.4 Å². The zero-order chi connectivity index (χ0) is 12.3. The van der Waals surface area contributed by atoms with Gasteiger partial charge < -0.3 is 5.32 Å². The highest BCUT2D eigenvalue weighted by atomic mass is 19.2. The average molecular weight is 237 g/mol. The lowest BCUT2D eigenvalue weighted by Crippen LogP contribution is -2.09. The highest BCUT2D eigenvalue weighted by molar-refractivity contribution is 5.44. The molecule has 0 spiro atoms. The first-order valence-electron chi connectivity index (χ1n) is 5.33. The molecule has 1 aromatic carbocycles. The number of hydrogen-bond donors (Lipinski definition) is 1. The Hall–Kier alpha value is -1.91. The van der Waals surface area contributed by atoms with Crippen LogP contribution >= 0.6 is 0 Å². The summed E-state index contributed by atoms with van der Waals surface area (Å²) in [7, 11) is 1.85. The largest absolute Gasteiger partial charge is 0.382 e. The SMILES string of the molecule is Cn1nccc1CCNc1cccc(F)c1F. The maximum absolute atomic E-state index is 13.3. The molecule has 90 valence electrons. The highest BCUT2D eigenvalue weighted by Crippen LogP contribution is 2.16. The highest BCUT2D eigenvalue weighted by Gasteiger charge is 2.06. The number of aryl methyl sites for hydroxylation is 1. The van der Waals surface area contributed by atoms with Crippen molar-refractivity contribution in [3.05, 3.63) is 47.8 Å². The van der Waals surface area contributed by atoms with Gasteiger partial charge in [-0.15, -0.1) is 0 Å². The second-order valence-electron chi connectivity index (χ2n) is 3.72. The molecule has 1 heterocycles.